The van der Waals surface area contributed by atoms with E-state index in [0.29, 0.717) is 0 Å². The number of ketones is 1. The third kappa shape index (κ3) is 3.24. The Labute approximate surface area is 138 Å². The summed E-state index contributed by atoms with van der Waals surface area (Å²) >= 11 is 6.23. The molecule has 0 saturated heterocycles. The van der Waals surface area contributed by atoms with Crippen LogP contribution in [0.5, 0.6) is 5.88 Å². The molecule has 23 heavy (non-hydrogen) atoms. The summed E-state index contributed by atoms with van der Waals surface area (Å²) in [7, 11) is -0.655. The van der Waals surface area contributed by atoms with Crippen LogP contribution in [0.4, 0.5) is 0 Å². The molecule has 0 spiro atoms. The number of halogens is 1. The molecular formula is C14H15ClN2O5S. The highest BCUT2D eigenvalue weighted by Crippen LogP contribution is 2.31. The second kappa shape index (κ2) is 6.31. The van der Waals surface area contributed by atoms with Crippen molar-refractivity contribution < 1.29 is 23.1 Å². The van der Waals surface area contributed by atoms with E-state index in [-0.39, 0.29) is 39.1 Å². The molecule has 124 valence electrons. The van der Waals surface area contributed by atoms with Crippen LogP contribution in [0.15, 0.2) is 23.2 Å². The zero-order valence-electron chi connectivity index (χ0n) is 12.7. The molecule has 1 aromatic heterocycles. The number of aryl methyl sites for hydroxylation is 1. The van der Waals surface area contributed by atoms with Crippen LogP contribution in [0.2, 0.25) is 5.02 Å². The van der Waals surface area contributed by atoms with Gasteiger partial charge in [0.2, 0.25) is 11.7 Å². The molecule has 1 heterocycles. The minimum atomic E-state index is -3.53. The van der Waals surface area contributed by atoms with Crippen molar-refractivity contribution in [2.45, 2.75) is 11.5 Å². The van der Waals surface area contributed by atoms with Crippen LogP contribution in [-0.4, -0.2) is 42.5 Å². The Morgan fingerprint density at radius 3 is 2.52 bits per heavy atom. The lowest BCUT2D eigenvalue weighted by molar-refractivity contribution is 0.103. The molecule has 2 aromatic rings. The molecule has 0 aliphatic rings. The Hall–Kier alpha value is -1.90. The number of carbonyl (C=O) groups is 1. The Morgan fingerprint density at radius 2 is 2.04 bits per heavy atom. The van der Waals surface area contributed by atoms with Gasteiger partial charge in [-0.1, -0.05) is 11.6 Å². The van der Waals surface area contributed by atoms with Crippen LogP contribution in [-0.2, 0) is 28.2 Å². The lowest BCUT2D eigenvalue weighted by atomic mass is 10.0. The maximum atomic E-state index is 12.5. The quantitative estimate of drug-likeness (QED) is 0.814. The summed E-state index contributed by atoms with van der Waals surface area (Å²) in [5.74, 6) is -0.857. The summed E-state index contributed by atoms with van der Waals surface area (Å²) in [4.78, 5) is 12.5. The van der Waals surface area contributed by atoms with Crippen LogP contribution in [0.25, 0.3) is 0 Å². The number of aromatic hydroxyl groups is 1. The first-order valence-corrected chi connectivity index (χ1v) is 8.71. The largest absolute Gasteiger partial charge is 0.493 e. The van der Waals surface area contributed by atoms with E-state index in [9.17, 15) is 18.3 Å². The fraction of sp³-hybridized carbons (Fsp3) is 0.286. The maximum absolute atomic E-state index is 12.5. The SMILES string of the molecule is COCc1c(S(C)(=O)=O)ccc(C(=O)c2cnn(C)c2O)c1Cl. The normalized spacial score (nSPS) is 11.7. The molecule has 0 unspecified atom stereocenters. The van der Waals surface area contributed by atoms with E-state index >= 15 is 0 Å². The molecule has 0 aliphatic carbocycles. The second-order valence-electron chi connectivity index (χ2n) is 4.94. The smallest absolute Gasteiger partial charge is 0.220 e. The number of benzene rings is 1. The molecule has 2 rings (SSSR count). The highest BCUT2D eigenvalue weighted by Gasteiger charge is 2.24. The van der Waals surface area contributed by atoms with Gasteiger partial charge in [0.1, 0.15) is 5.56 Å². The van der Waals surface area contributed by atoms with E-state index in [0.717, 1.165) is 10.9 Å². The zero-order chi connectivity index (χ0) is 17.4. The lowest BCUT2D eigenvalue weighted by Crippen LogP contribution is -2.09. The minimum absolute atomic E-state index is 0.00342. The Kier molecular flexibility index (Phi) is 4.79. The summed E-state index contributed by atoms with van der Waals surface area (Å²) < 4.78 is 29.8. The van der Waals surface area contributed by atoms with Crippen molar-refractivity contribution in [3.63, 3.8) is 0 Å². The Morgan fingerprint density at radius 1 is 1.39 bits per heavy atom. The number of hydrogen-bond acceptors (Lipinski definition) is 6. The monoisotopic (exact) mass is 358 g/mol. The Bertz CT molecular complexity index is 874. The molecule has 0 amide bonds. The van der Waals surface area contributed by atoms with Crippen LogP contribution in [0.3, 0.4) is 0 Å². The van der Waals surface area contributed by atoms with Crippen LogP contribution in [0, 0.1) is 0 Å². The van der Waals surface area contributed by atoms with Crippen LogP contribution < -0.4 is 0 Å². The van der Waals surface area contributed by atoms with Crippen molar-refractivity contribution in [1.29, 1.82) is 0 Å². The van der Waals surface area contributed by atoms with Gasteiger partial charge in [0.25, 0.3) is 0 Å². The van der Waals surface area contributed by atoms with E-state index in [4.69, 9.17) is 16.3 Å². The standard InChI is InChI=1S/C14H15ClN2O5S/c1-17-14(19)9(6-16-17)13(18)8-4-5-11(23(3,20)21)10(7-22-2)12(8)15/h4-6,19H,7H2,1-3H3. The number of hydrogen-bond donors (Lipinski definition) is 1. The summed E-state index contributed by atoms with van der Waals surface area (Å²) in [5.41, 5.74) is 0.241. The third-order valence-corrected chi connectivity index (χ3v) is 4.90. The van der Waals surface area contributed by atoms with Crippen molar-refractivity contribution in [1.82, 2.24) is 9.78 Å². The molecule has 1 aromatic carbocycles. The molecule has 0 bridgehead atoms. The minimum Gasteiger partial charge on any atom is -0.493 e. The lowest BCUT2D eigenvalue weighted by Gasteiger charge is -2.12. The molecule has 0 atom stereocenters. The topological polar surface area (TPSA) is 98.5 Å². The Balaban J connectivity index is 2.63. The average molecular weight is 359 g/mol. The number of methoxy groups -OCH3 is 1. The average Bonchev–Trinajstić information content (AvgIpc) is 2.79. The maximum Gasteiger partial charge on any atom is 0.220 e. The van der Waals surface area contributed by atoms with Gasteiger partial charge in [-0.15, -0.1) is 0 Å². The van der Waals surface area contributed by atoms with Gasteiger partial charge >= 0.3 is 0 Å². The number of nitrogens with zero attached hydrogens (tertiary/aromatic N) is 2. The van der Waals surface area contributed by atoms with Crippen molar-refractivity contribution in [3.8, 4) is 5.88 Å². The highest BCUT2D eigenvalue weighted by molar-refractivity contribution is 7.90. The third-order valence-electron chi connectivity index (χ3n) is 3.29. The summed E-state index contributed by atoms with van der Waals surface area (Å²) in [6.45, 7) is -0.0681. The molecule has 1 N–H and O–H groups in total. The number of ether oxygens (including phenoxy) is 1. The van der Waals surface area contributed by atoms with Gasteiger partial charge in [-0.25, -0.2) is 13.1 Å². The van der Waals surface area contributed by atoms with E-state index in [1.54, 1.807) is 0 Å². The number of sulfone groups is 1. The number of carbonyl (C=O) groups excluding carboxylic acids is 1. The first-order chi connectivity index (χ1) is 10.7. The molecular weight excluding hydrogens is 344 g/mol. The van der Waals surface area contributed by atoms with E-state index < -0.39 is 15.6 Å². The molecule has 9 heteroatoms. The molecule has 0 saturated carbocycles. The fourth-order valence-corrected chi connectivity index (χ4v) is 3.43. The second-order valence-corrected chi connectivity index (χ2v) is 7.31. The first-order valence-electron chi connectivity index (χ1n) is 6.44. The molecule has 0 radical (unpaired) electrons. The zero-order valence-corrected chi connectivity index (χ0v) is 14.3. The molecule has 0 aliphatic heterocycles. The van der Waals surface area contributed by atoms with Crippen LogP contribution in [0.1, 0.15) is 21.5 Å². The predicted octanol–water partition coefficient (Wildman–Crippen LogP) is 1.56. The predicted molar refractivity (Wildman–Crippen MR) is 83.6 cm³/mol. The van der Waals surface area contributed by atoms with Crippen molar-refractivity contribution >= 4 is 27.2 Å². The first kappa shape index (κ1) is 17.5. The number of aromatic nitrogens is 2. The van der Waals surface area contributed by atoms with E-state index in [2.05, 4.69) is 5.10 Å². The van der Waals surface area contributed by atoms with Gasteiger partial charge in [-0.2, -0.15) is 5.10 Å². The van der Waals surface area contributed by atoms with Gasteiger partial charge < -0.3 is 9.84 Å². The van der Waals surface area contributed by atoms with Crippen molar-refractivity contribution in [3.05, 3.63) is 40.0 Å². The number of rotatable bonds is 5. The molecule has 0 fully saturated rings. The molecule has 7 nitrogen and oxygen atoms in total. The summed E-state index contributed by atoms with van der Waals surface area (Å²) in [6.07, 6.45) is 2.26. The van der Waals surface area contributed by atoms with Gasteiger partial charge in [-0.05, 0) is 12.1 Å². The summed E-state index contributed by atoms with van der Waals surface area (Å²) in [6, 6.07) is 2.61. The van der Waals surface area contributed by atoms with Crippen LogP contribution >= 0.6 is 11.6 Å². The van der Waals surface area contributed by atoms with Crippen molar-refractivity contribution in [2.24, 2.45) is 7.05 Å². The summed E-state index contributed by atoms with van der Waals surface area (Å²) in [5, 5.41) is 13.6. The van der Waals surface area contributed by atoms with Gasteiger partial charge in [0, 0.05) is 31.5 Å². The van der Waals surface area contributed by atoms with Crippen molar-refractivity contribution in [2.75, 3.05) is 13.4 Å². The van der Waals surface area contributed by atoms with Gasteiger partial charge in [0.15, 0.2) is 9.84 Å². The van der Waals surface area contributed by atoms with Gasteiger partial charge in [-0.3, -0.25) is 4.79 Å². The van der Waals surface area contributed by atoms with Gasteiger partial charge in [0.05, 0.1) is 22.7 Å². The highest BCUT2D eigenvalue weighted by atomic mass is 35.5. The van der Waals surface area contributed by atoms with E-state index in [1.807, 2.05) is 0 Å². The fourth-order valence-electron chi connectivity index (χ4n) is 2.14. The van der Waals surface area contributed by atoms with E-state index in [1.165, 1.54) is 32.5 Å².